The van der Waals surface area contributed by atoms with E-state index in [1.165, 1.54) is 0 Å². The molecule has 2 aliphatic heterocycles. The molecule has 2 bridgehead atoms. The fourth-order valence-electron chi connectivity index (χ4n) is 3.87. The Hall–Kier alpha value is -1.36. The summed E-state index contributed by atoms with van der Waals surface area (Å²) in [6.45, 7) is 7.72. The minimum absolute atomic E-state index is 0.163. The number of allylic oxidation sites excluding steroid dienone is 1. The Balaban J connectivity index is 2.13. The average Bonchev–Trinajstić information content (AvgIpc) is 2.62. The van der Waals surface area contributed by atoms with E-state index in [0.717, 1.165) is 19.3 Å². The van der Waals surface area contributed by atoms with Gasteiger partial charge in [-0.1, -0.05) is 19.9 Å². The summed E-state index contributed by atoms with van der Waals surface area (Å²) in [6, 6.07) is 0.280. The van der Waals surface area contributed by atoms with Gasteiger partial charge in [0.05, 0.1) is 0 Å². The SMILES string of the molecule is C/C=C(\C)C(=O)OC1C[C@@H]2C(C)C[C@](OC(=O)CCC)(C1)N2C. The van der Waals surface area contributed by atoms with Gasteiger partial charge in [0.2, 0.25) is 0 Å². The molecule has 0 aliphatic carbocycles. The first kappa shape index (κ1) is 18.0. The maximum atomic E-state index is 12.1. The number of carbonyl (C=O) groups is 2. The summed E-state index contributed by atoms with van der Waals surface area (Å²) in [6.07, 6.45) is 4.92. The number of carbonyl (C=O) groups excluding carboxylic acids is 2. The largest absolute Gasteiger partial charge is 0.459 e. The quantitative estimate of drug-likeness (QED) is 0.575. The van der Waals surface area contributed by atoms with Crippen molar-refractivity contribution in [1.29, 1.82) is 0 Å². The van der Waals surface area contributed by atoms with Gasteiger partial charge in [-0.3, -0.25) is 9.69 Å². The van der Waals surface area contributed by atoms with Crippen molar-refractivity contribution in [3.8, 4) is 0 Å². The van der Waals surface area contributed by atoms with Crippen molar-refractivity contribution in [1.82, 2.24) is 4.90 Å². The van der Waals surface area contributed by atoms with Crippen LogP contribution in [0.25, 0.3) is 0 Å². The van der Waals surface area contributed by atoms with Crippen molar-refractivity contribution in [2.45, 2.75) is 77.7 Å². The Morgan fingerprint density at radius 2 is 2.04 bits per heavy atom. The summed E-state index contributed by atoms with van der Waals surface area (Å²) in [7, 11) is 2.02. The van der Waals surface area contributed by atoms with Gasteiger partial charge < -0.3 is 9.47 Å². The second-order valence-electron chi connectivity index (χ2n) is 6.97. The van der Waals surface area contributed by atoms with Crippen LogP contribution in [0.2, 0.25) is 0 Å². The van der Waals surface area contributed by atoms with E-state index in [1.54, 1.807) is 13.0 Å². The number of rotatable bonds is 5. The van der Waals surface area contributed by atoms with Crippen LogP contribution in [0.4, 0.5) is 0 Å². The molecule has 0 aromatic heterocycles. The molecule has 0 aromatic carbocycles. The molecule has 2 unspecified atom stereocenters. The minimum atomic E-state index is -0.622. The Labute approximate surface area is 139 Å². The predicted octanol–water partition coefficient (Wildman–Crippen LogP) is 3.04. The van der Waals surface area contributed by atoms with Crippen LogP contribution in [0.5, 0.6) is 0 Å². The van der Waals surface area contributed by atoms with Gasteiger partial charge in [-0.15, -0.1) is 0 Å². The fraction of sp³-hybridized carbons (Fsp3) is 0.778. The van der Waals surface area contributed by atoms with Crippen LogP contribution >= 0.6 is 0 Å². The van der Waals surface area contributed by atoms with Crippen molar-refractivity contribution in [3.05, 3.63) is 11.6 Å². The molecule has 130 valence electrons. The van der Waals surface area contributed by atoms with Crippen LogP contribution in [0.3, 0.4) is 0 Å². The van der Waals surface area contributed by atoms with E-state index < -0.39 is 5.72 Å². The molecule has 0 amide bonds. The smallest absolute Gasteiger partial charge is 0.333 e. The second-order valence-corrected chi connectivity index (χ2v) is 6.97. The molecule has 2 fully saturated rings. The maximum Gasteiger partial charge on any atom is 0.333 e. The molecular weight excluding hydrogens is 294 g/mol. The van der Waals surface area contributed by atoms with E-state index in [4.69, 9.17) is 9.47 Å². The van der Waals surface area contributed by atoms with Crippen molar-refractivity contribution >= 4 is 11.9 Å². The number of fused-ring (bicyclic) bond motifs is 2. The zero-order valence-electron chi connectivity index (χ0n) is 14.9. The summed E-state index contributed by atoms with van der Waals surface area (Å²) >= 11 is 0. The van der Waals surface area contributed by atoms with E-state index in [2.05, 4.69) is 11.8 Å². The van der Waals surface area contributed by atoms with Gasteiger partial charge in [-0.2, -0.15) is 0 Å². The van der Waals surface area contributed by atoms with Crippen molar-refractivity contribution in [3.63, 3.8) is 0 Å². The maximum absolute atomic E-state index is 12.1. The van der Waals surface area contributed by atoms with Gasteiger partial charge in [-0.05, 0) is 33.2 Å². The molecule has 0 radical (unpaired) electrons. The lowest BCUT2D eigenvalue weighted by Crippen LogP contribution is -2.55. The van der Waals surface area contributed by atoms with Gasteiger partial charge in [-0.25, -0.2) is 4.79 Å². The van der Waals surface area contributed by atoms with Crippen LogP contribution < -0.4 is 0 Å². The van der Waals surface area contributed by atoms with Crippen molar-refractivity contribution in [2.75, 3.05) is 7.05 Å². The van der Waals surface area contributed by atoms with E-state index in [1.807, 2.05) is 20.9 Å². The summed E-state index contributed by atoms with van der Waals surface area (Å²) in [5, 5.41) is 0. The zero-order chi connectivity index (χ0) is 17.2. The van der Waals surface area contributed by atoms with Gasteiger partial charge in [0, 0.05) is 37.3 Å². The second kappa shape index (κ2) is 7.04. The average molecular weight is 323 g/mol. The summed E-state index contributed by atoms with van der Waals surface area (Å²) in [5.74, 6) is -0.0195. The first-order chi connectivity index (χ1) is 10.8. The Morgan fingerprint density at radius 3 is 2.65 bits per heavy atom. The molecular formula is C18H29NO4. The van der Waals surface area contributed by atoms with Gasteiger partial charge in [0.15, 0.2) is 5.72 Å². The lowest BCUT2D eigenvalue weighted by Gasteiger charge is -2.44. The molecule has 0 aromatic rings. The molecule has 4 atom stereocenters. The molecule has 2 saturated heterocycles. The molecule has 23 heavy (non-hydrogen) atoms. The summed E-state index contributed by atoms with van der Waals surface area (Å²) < 4.78 is 11.5. The fourth-order valence-corrected chi connectivity index (χ4v) is 3.87. The van der Waals surface area contributed by atoms with Crippen molar-refractivity contribution < 1.29 is 19.1 Å². The Bertz CT molecular complexity index is 501. The molecule has 0 spiro atoms. The van der Waals surface area contributed by atoms with Crippen LogP contribution in [0, 0.1) is 5.92 Å². The van der Waals surface area contributed by atoms with Crippen molar-refractivity contribution in [2.24, 2.45) is 5.92 Å². The molecule has 2 rings (SSSR count). The first-order valence-electron chi connectivity index (χ1n) is 8.61. The number of ether oxygens (including phenoxy) is 2. The third kappa shape index (κ3) is 3.60. The normalized spacial score (nSPS) is 34.3. The van der Waals surface area contributed by atoms with Gasteiger partial charge >= 0.3 is 11.9 Å². The predicted molar refractivity (Wildman–Crippen MR) is 87.6 cm³/mol. The van der Waals surface area contributed by atoms with E-state index >= 15 is 0 Å². The number of hydrogen-bond acceptors (Lipinski definition) is 5. The van der Waals surface area contributed by atoms with Crippen LogP contribution in [-0.2, 0) is 19.1 Å². The van der Waals surface area contributed by atoms with Gasteiger partial charge in [0.1, 0.15) is 6.10 Å². The van der Waals surface area contributed by atoms with E-state index in [9.17, 15) is 9.59 Å². The highest BCUT2D eigenvalue weighted by atomic mass is 16.6. The third-order valence-corrected chi connectivity index (χ3v) is 5.28. The highest BCUT2D eigenvalue weighted by Gasteiger charge is 2.56. The van der Waals surface area contributed by atoms with Gasteiger partial charge in [0.25, 0.3) is 0 Å². The molecule has 2 aliphatic rings. The minimum Gasteiger partial charge on any atom is -0.459 e. The molecule has 5 heteroatoms. The summed E-state index contributed by atoms with van der Waals surface area (Å²) in [5.41, 5.74) is -0.00930. The topological polar surface area (TPSA) is 55.8 Å². The van der Waals surface area contributed by atoms with Crippen LogP contribution in [0.1, 0.15) is 59.8 Å². The zero-order valence-corrected chi connectivity index (χ0v) is 14.9. The van der Waals surface area contributed by atoms with E-state index in [0.29, 0.717) is 24.3 Å². The lowest BCUT2D eigenvalue weighted by atomic mass is 9.96. The number of nitrogens with zero attached hydrogens (tertiary/aromatic N) is 1. The number of esters is 2. The molecule has 2 heterocycles. The Kier molecular flexibility index (Phi) is 5.50. The lowest BCUT2D eigenvalue weighted by molar-refractivity contribution is -0.197. The Morgan fingerprint density at radius 1 is 1.35 bits per heavy atom. The van der Waals surface area contributed by atoms with Crippen LogP contribution in [0.15, 0.2) is 11.6 Å². The number of hydrogen-bond donors (Lipinski definition) is 0. The van der Waals surface area contributed by atoms with Crippen LogP contribution in [-0.4, -0.2) is 41.8 Å². The molecule has 0 saturated carbocycles. The molecule has 5 nitrogen and oxygen atoms in total. The van der Waals surface area contributed by atoms with E-state index in [-0.39, 0.29) is 24.1 Å². The number of piperidine rings is 1. The first-order valence-corrected chi connectivity index (χ1v) is 8.61. The summed E-state index contributed by atoms with van der Waals surface area (Å²) in [4.78, 5) is 26.3. The monoisotopic (exact) mass is 323 g/mol. The highest BCUT2D eigenvalue weighted by Crippen LogP contribution is 2.47. The molecule has 0 N–H and O–H groups in total. The third-order valence-electron chi connectivity index (χ3n) is 5.28. The highest BCUT2D eigenvalue weighted by molar-refractivity contribution is 5.87. The standard InChI is InChI=1S/C18H29NO4/c1-6-8-16(20)23-18-10-13(4)15(19(18)5)9-14(11-18)22-17(21)12(3)7-2/h7,13-15H,6,8-11H2,1-5H3/b12-7+/t13?,14?,15-,18+/m1/s1.